The quantitative estimate of drug-likeness (QED) is 0.865. The third-order valence-electron chi connectivity index (χ3n) is 2.46. The SMILES string of the molecule is CC(C)(C)NCc1cnc(Sc2ccccc2)nc1. The van der Waals surface area contributed by atoms with Gasteiger partial charge in [-0.05, 0) is 44.7 Å². The highest BCUT2D eigenvalue weighted by Gasteiger charge is 2.08. The van der Waals surface area contributed by atoms with Crippen molar-refractivity contribution in [1.29, 1.82) is 0 Å². The average molecular weight is 273 g/mol. The second-order valence-electron chi connectivity index (χ2n) is 5.39. The van der Waals surface area contributed by atoms with Crippen LogP contribution in [0.5, 0.6) is 0 Å². The van der Waals surface area contributed by atoms with E-state index in [4.69, 9.17) is 0 Å². The van der Waals surface area contributed by atoms with Crippen LogP contribution < -0.4 is 5.32 Å². The highest BCUT2D eigenvalue weighted by atomic mass is 32.2. The Morgan fingerprint density at radius 3 is 2.26 bits per heavy atom. The van der Waals surface area contributed by atoms with E-state index in [1.807, 2.05) is 30.6 Å². The van der Waals surface area contributed by atoms with Crippen LogP contribution in [0.4, 0.5) is 0 Å². The van der Waals surface area contributed by atoms with Gasteiger partial charge in [0.25, 0.3) is 0 Å². The van der Waals surface area contributed by atoms with Crippen LogP contribution in [0.15, 0.2) is 52.8 Å². The first-order valence-electron chi connectivity index (χ1n) is 6.32. The molecule has 3 nitrogen and oxygen atoms in total. The fourth-order valence-electron chi connectivity index (χ4n) is 1.45. The molecule has 1 aromatic heterocycles. The molecule has 2 aromatic rings. The molecule has 2 rings (SSSR count). The van der Waals surface area contributed by atoms with Crippen LogP contribution in [0, 0.1) is 0 Å². The molecule has 0 aliphatic heterocycles. The van der Waals surface area contributed by atoms with Crippen LogP contribution in [-0.2, 0) is 6.54 Å². The van der Waals surface area contributed by atoms with Gasteiger partial charge in [0, 0.05) is 34.9 Å². The van der Waals surface area contributed by atoms with E-state index >= 15 is 0 Å². The van der Waals surface area contributed by atoms with E-state index in [1.165, 1.54) is 0 Å². The van der Waals surface area contributed by atoms with Crippen molar-refractivity contribution in [3.05, 3.63) is 48.3 Å². The summed E-state index contributed by atoms with van der Waals surface area (Å²) in [5, 5.41) is 4.20. The Kier molecular flexibility index (Phi) is 4.56. The number of nitrogens with one attached hydrogen (secondary N) is 1. The van der Waals surface area contributed by atoms with Gasteiger partial charge in [0.1, 0.15) is 0 Å². The first-order valence-corrected chi connectivity index (χ1v) is 7.13. The zero-order valence-corrected chi connectivity index (χ0v) is 12.4. The number of rotatable bonds is 4. The topological polar surface area (TPSA) is 37.8 Å². The molecule has 0 fully saturated rings. The van der Waals surface area contributed by atoms with Crippen molar-refractivity contribution >= 4 is 11.8 Å². The molecular weight excluding hydrogens is 254 g/mol. The van der Waals surface area contributed by atoms with Crippen molar-refractivity contribution in [1.82, 2.24) is 15.3 Å². The first kappa shape index (κ1) is 14.0. The summed E-state index contributed by atoms with van der Waals surface area (Å²) in [6, 6.07) is 10.2. The molecule has 0 atom stereocenters. The summed E-state index contributed by atoms with van der Waals surface area (Å²) < 4.78 is 0. The van der Waals surface area contributed by atoms with Crippen molar-refractivity contribution in [2.75, 3.05) is 0 Å². The second-order valence-corrected chi connectivity index (χ2v) is 6.43. The smallest absolute Gasteiger partial charge is 0.192 e. The molecule has 0 spiro atoms. The summed E-state index contributed by atoms with van der Waals surface area (Å²) in [6.45, 7) is 7.23. The summed E-state index contributed by atoms with van der Waals surface area (Å²) in [6.07, 6.45) is 3.77. The lowest BCUT2D eigenvalue weighted by molar-refractivity contribution is 0.423. The van der Waals surface area contributed by atoms with Crippen molar-refractivity contribution in [2.24, 2.45) is 0 Å². The molecule has 0 aliphatic carbocycles. The molecule has 4 heteroatoms. The minimum Gasteiger partial charge on any atom is -0.308 e. The van der Waals surface area contributed by atoms with Crippen molar-refractivity contribution in [3.8, 4) is 0 Å². The number of aromatic nitrogens is 2. The molecule has 19 heavy (non-hydrogen) atoms. The van der Waals surface area contributed by atoms with E-state index in [2.05, 4.69) is 48.2 Å². The third-order valence-corrected chi connectivity index (χ3v) is 3.36. The largest absolute Gasteiger partial charge is 0.308 e. The monoisotopic (exact) mass is 273 g/mol. The predicted octanol–water partition coefficient (Wildman–Crippen LogP) is 3.52. The van der Waals surface area contributed by atoms with Gasteiger partial charge >= 0.3 is 0 Å². The zero-order valence-electron chi connectivity index (χ0n) is 11.6. The number of hydrogen-bond acceptors (Lipinski definition) is 4. The molecule has 1 heterocycles. The maximum absolute atomic E-state index is 4.39. The summed E-state index contributed by atoms with van der Waals surface area (Å²) in [7, 11) is 0. The number of nitrogens with zero attached hydrogens (tertiary/aromatic N) is 2. The van der Waals surface area contributed by atoms with Gasteiger partial charge < -0.3 is 5.32 Å². The Labute approximate surface area is 118 Å². The van der Waals surface area contributed by atoms with E-state index < -0.39 is 0 Å². The average Bonchev–Trinajstić information content (AvgIpc) is 2.38. The van der Waals surface area contributed by atoms with Crippen LogP contribution in [0.2, 0.25) is 0 Å². The van der Waals surface area contributed by atoms with Gasteiger partial charge in [0.2, 0.25) is 0 Å². The van der Waals surface area contributed by atoms with Crippen LogP contribution in [0.3, 0.4) is 0 Å². The van der Waals surface area contributed by atoms with Gasteiger partial charge in [0.05, 0.1) is 0 Å². The lowest BCUT2D eigenvalue weighted by atomic mass is 10.1. The highest BCUT2D eigenvalue weighted by molar-refractivity contribution is 7.99. The zero-order chi connectivity index (χ0) is 13.7. The van der Waals surface area contributed by atoms with Gasteiger partial charge in [-0.15, -0.1) is 0 Å². The summed E-state index contributed by atoms with van der Waals surface area (Å²) in [4.78, 5) is 9.93. The minimum absolute atomic E-state index is 0.109. The molecule has 1 aromatic carbocycles. The fourth-order valence-corrected chi connectivity index (χ4v) is 2.16. The molecule has 0 amide bonds. The van der Waals surface area contributed by atoms with Crippen molar-refractivity contribution < 1.29 is 0 Å². The molecule has 100 valence electrons. The third kappa shape index (κ3) is 5.01. The lowest BCUT2D eigenvalue weighted by Gasteiger charge is -2.20. The van der Waals surface area contributed by atoms with Crippen LogP contribution in [0.1, 0.15) is 26.3 Å². The molecule has 0 aliphatic rings. The van der Waals surface area contributed by atoms with Crippen LogP contribution in [0.25, 0.3) is 0 Å². The fraction of sp³-hybridized carbons (Fsp3) is 0.333. The Hall–Kier alpha value is -1.39. The Morgan fingerprint density at radius 1 is 1.05 bits per heavy atom. The van der Waals surface area contributed by atoms with Crippen LogP contribution >= 0.6 is 11.8 Å². The number of hydrogen-bond donors (Lipinski definition) is 1. The molecule has 0 saturated heterocycles. The van der Waals surface area contributed by atoms with Gasteiger partial charge in [-0.3, -0.25) is 0 Å². The standard InChI is InChI=1S/C15H19N3S/c1-15(2,3)18-11-12-9-16-14(17-10-12)19-13-7-5-4-6-8-13/h4-10,18H,11H2,1-3H3. The maximum Gasteiger partial charge on any atom is 0.192 e. The second kappa shape index (κ2) is 6.17. The molecule has 0 unspecified atom stereocenters. The van der Waals surface area contributed by atoms with E-state index in [0.717, 1.165) is 22.2 Å². The predicted molar refractivity (Wildman–Crippen MR) is 79.2 cm³/mol. The Balaban J connectivity index is 1.95. The Morgan fingerprint density at radius 2 is 1.68 bits per heavy atom. The highest BCUT2D eigenvalue weighted by Crippen LogP contribution is 2.23. The van der Waals surface area contributed by atoms with Crippen molar-refractivity contribution in [3.63, 3.8) is 0 Å². The summed E-state index contributed by atoms with van der Waals surface area (Å²) >= 11 is 1.58. The lowest BCUT2D eigenvalue weighted by Crippen LogP contribution is -2.35. The molecular formula is C15H19N3S. The van der Waals surface area contributed by atoms with Gasteiger partial charge in [-0.1, -0.05) is 18.2 Å². The van der Waals surface area contributed by atoms with E-state index in [-0.39, 0.29) is 5.54 Å². The van der Waals surface area contributed by atoms with Crippen LogP contribution in [-0.4, -0.2) is 15.5 Å². The summed E-state index contributed by atoms with van der Waals surface area (Å²) in [5.74, 6) is 0. The molecule has 0 radical (unpaired) electrons. The summed E-state index contributed by atoms with van der Waals surface area (Å²) in [5.41, 5.74) is 1.21. The first-order chi connectivity index (χ1) is 9.03. The maximum atomic E-state index is 4.39. The molecule has 0 bridgehead atoms. The number of benzene rings is 1. The minimum atomic E-state index is 0.109. The van der Waals surface area contributed by atoms with Gasteiger partial charge in [-0.25, -0.2) is 9.97 Å². The molecule has 0 saturated carbocycles. The van der Waals surface area contributed by atoms with E-state index in [0.29, 0.717) is 0 Å². The van der Waals surface area contributed by atoms with Crippen molar-refractivity contribution in [2.45, 2.75) is 42.9 Å². The van der Waals surface area contributed by atoms with Gasteiger partial charge in [-0.2, -0.15) is 0 Å². The molecule has 1 N–H and O–H groups in total. The van der Waals surface area contributed by atoms with E-state index in [9.17, 15) is 0 Å². The van der Waals surface area contributed by atoms with E-state index in [1.54, 1.807) is 11.8 Å². The Bertz CT molecular complexity index is 503. The van der Waals surface area contributed by atoms with Gasteiger partial charge in [0.15, 0.2) is 5.16 Å². The normalized spacial score (nSPS) is 11.5.